The Balaban J connectivity index is 1.68. The normalized spacial score (nSPS) is 29.5. The molecule has 0 saturated carbocycles. The second-order valence-corrected chi connectivity index (χ2v) is 5.18. The molecule has 6 nitrogen and oxygen atoms in total. The van der Waals surface area contributed by atoms with Crippen molar-refractivity contribution >= 4 is 5.95 Å². The Hall–Kier alpha value is -1.14. The van der Waals surface area contributed by atoms with Crippen LogP contribution in [0.4, 0.5) is 5.95 Å². The number of piperazine rings is 1. The summed E-state index contributed by atoms with van der Waals surface area (Å²) in [4.78, 5) is 6.82. The summed E-state index contributed by atoms with van der Waals surface area (Å²) in [5.74, 6) is 1.70. The summed E-state index contributed by atoms with van der Waals surface area (Å²) in [5, 5.41) is 10.8. The van der Waals surface area contributed by atoms with E-state index < -0.39 is 0 Å². The lowest BCUT2D eigenvalue weighted by molar-refractivity contribution is 0.00969. The number of aromatic nitrogens is 3. The fourth-order valence-electron chi connectivity index (χ4n) is 2.62. The average Bonchev–Trinajstić information content (AvgIpc) is 2.89. The molecule has 0 radical (unpaired) electrons. The number of hydrogen-bond acceptors (Lipinski definition) is 5. The van der Waals surface area contributed by atoms with Gasteiger partial charge in [0, 0.05) is 32.3 Å². The van der Waals surface area contributed by atoms with Gasteiger partial charge in [-0.3, -0.25) is 5.10 Å². The molecule has 1 unspecified atom stereocenters. The summed E-state index contributed by atoms with van der Waals surface area (Å²) < 4.78 is 5.72. The van der Waals surface area contributed by atoms with Gasteiger partial charge in [-0.1, -0.05) is 0 Å². The van der Waals surface area contributed by atoms with Crippen LogP contribution in [-0.2, 0) is 4.74 Å². The number of nitrogens with one attached hydrogen (secondary N) is 2. The van der Waals surface area contributed by atoms with Crippen LogP contribution in [0.5, 0.6) is 0 Å². The zero-order chi connectivity index (χ0) is 12.4. The van der Waals surface area contributed by atoms with Crippen LogP contribution in [0.15, 0.2) is 0 Å². The van der Waals surface area contributed by atoms with Gasteiger partial charge in [0.2, 0.25) is 5.95 Å². The summed E-state index contributed by atoms with van der Waals surface area (Å²) in [5.41, 5.74) is 0. The second-order valence-electron chi connectivity index (χ2n) is 5.18. The molecule has 2 aliphatic heterocycles. The number of nitrogens with zero attached hydrogens (tertiary/aromatic N) is 3. The van der Waals surface area contributed by atoms with Gasteiger partial charge in [-0.05, 0) is 26.2 Å². The lowest BCUT2D eigenvalue weighted by Crippen LogP contribution is -2.49. The molecule has 3 rings (SSSR count). The minimum atomic E-state index is 0.111. The van der Waals surface area contributed by atoms with E-state index in [4.69, 9.17) is 4.74 Å². The predicted molar refractivity (Wildman–Crippen MR) is 68.6 cm³/mol. The Bertz CT molecular complexity index is 388. The molecular weight excluding hydrogens is 230 g/mol. The lowest BCUT2D eigenvalue weighted by atomic mass is 10.1. The Labute approximate surface area is 107 Å². The molecule has 2 saturated heterocycles. The Morgan fingerprint density at radius 2 is 2.33 bits per heavy atom. The zero-order valence-corrected chi connectivity index (χ0v) is 10.9. The third kappa shape index (κ3) is 2.49. The highest BCUT2D eigenvalue weighted by atomic mass is 16.5. The molecule has 2 N–H and O–H groups in total. The van der Waals surface area contributed by atoms with Gasteiger partial charge in [-0.15, -0.1) is 5.10 Å². The third-order valence-electron chi connectivity index (χ3n) is 3.63. The average molecular weight is 251 g/mol. The molecule has 0 spiro atoms. The van der Waals surface area contributed by atoms with Gasteiger partial charge < -0.3 is 15.0 Å². The lowest BCUT2D eigenvalue weighted by Gasteiger charge is -2.30. The highest BCUT2D eigenvalue weighted by Gasteiger charge is 2.23. The molecule has 18 heavy (non-hydrogen) atoms. The van der Waals surface area contributed by atoms with Crippen molar-refractivity contribution in [1.82, 2.24) is 20.5 Å². The molecular formula is C12H21N5O. The Morgan fingerprint density at radius 3 is 3.11 bits per heavy atom. The summed E-state index contributed by atoms with van der Waals surface area (Å²) in [6, 6.07) is 0.492. The van der Waals surface area contributed by atoms with Crippen LogP contribution in [0.2, 0.25) is 0 Å². The quantitative estimate of drug-likeness (QED) is 0.815. The maximum absolute atomic E-state index is 5.72. The van der Waals surface area contributed by atoms with Gasteiger partial charge in [0.25, 0.3) is 0 Å². The largest absolute Gasteiger partial charge is 0.370 e. The molecule has 1 aromatic heterocycles. The van der Waals surface area contributed by atoms with E-state index >= 15 is 0 Å². The van der Waals surface area contributed by atoms with Crippen molar-refractivity contribution in [3.05, 3.63) is 5.82 Å². The summed E-state index contributed by atoms with van der Waals surface area (Å²) in [6.07, 6.45) is 3.53. The first-order chi connectivity index (χ1) is 8.83. The van der Waals surface area contributed by atoms with Gasteiger partial charge in [-0.25, -0.2) is 0 Å². The predicted octanol–water partition coefficient (Wildman–Crippen LogP) is 0.844. The van der Waals surface area contributed by atoms with Crippen LogP contribution in [0.1, 0.15) is 38.1 Å². The smallest absolute Gasteiger partial charge is 0.244 e. The molecule has 3 heterocycles. The van der Waals surface area contributed by atoms with Crippen molar-refractivity contribution < 1.29 is 4.74 Å². The van der Waals surface area contributed by atoms with E-state index in [0.717, 1.165) is 50.9 Å². The molecule has 0 bridgehead atoms. The van der Waals surface area contributed by atoms with Crippen LogP contribution in [-0.4, -0.2) is 47.5 Å². The molecule has 0 amide bonds. The maximum atomic E-state index is 5.72. The SMILES string of the molecule is C[C@@H]1CN(c2n[nH]c(C3CCCCO3)n2)CCN1. The van der Waals surface area contributed by atoms with Crippen molar-refractivity contribution in [3.8, 4) is 0 Å². The van der Waals surface area contributed by atoms with E-state index in [9.17, 15) is 0 Å². The first kappa shape index (κ1) is 11.9. The number of ether oxygens (including phenoxy) is 1. The van der Waals surface area contributed by atoms with Gasteiger partial charge in [0.05, 0.1) is 0 Å². The van der Waals surface area contributed by atoms with E-state index in [1.165, 1.54) is 6.42 Å². The van der Waals surface area contributed by atoms with Crippen LogP contribution < -0.4 is 10.2 Å². The minimum Gasteiger partial charge on any atom is -0.370 e. The van der Waals surface area contributed by atoms with Crippen LogP contribution in [0.25, 0.3) is 0 Å². The number of anilines is 1. The van der Waals surface area contributed by atoms with Crippen molar-refractivity contribution in [2.45, 2.75) is 38.3 Å². The molecule has 0 aliphatic carbocycles. The zero-order valence-electron chi connectivity index (χ0n) is 10.9. The molecule has 6 heteroatoms. The molecule has 2 atom stereocenters. The topological polar surface area (TPSA) is 66.1 Å². The Morgan fingerprint density at radius 1 is 1.39 bits per heavy atom. The fraction of sp³-hybridized carbons (Fsp3) is 0.833. The fourth-order valence-corrected chi connectivity index (χ4v) is 2.62. The van der Waals surface area contributed by atoms with Gasteiger partial charge in [-0.2, -0.15) is 4.98 Å². The van der Waals surface area contributed by atoms with E-state index in [1.54, 1.807) is 0 Å². The minimum absolute atomic E-state index is 0.111. The van der Waals surface area contributed by atoms with Crippen LogP contribution in [0.3, 0.4) is 0 Å². The summed E-state index contributed by atoms with van der Waals surface area (Å²) >= 11 is 0. The summed E-state index contributed by atoms with van der Waals surface area (Å²) in [6.45, 7) is 5.94. The number of H-pyrrole nitrogens is 1. The van der Waals surface area contributed by atoms with Crippen molar-refractivity contribution in [3.63, 3.8) is 0 Å². The van der Waals surface area contributed by atoms with Gasteiger partial charge in [0.1, 0.15) is 6.10 Å². The first-order valence-corrected chi connectivity index (χ1v) is 6.85. The molecule has 2 fully saturated rings. The molecule has 100 valence electrons. The summed E-state index contributed by atoms with van der Waals surface area (Å²) in [7, 11) is 0. The molecule has 0 aromatic carbocycles. The van der Waals surface area contributed by atoms with E-state index in [1.807, 2.05) is 0 Å². The second kappa shape index (κ2) is 5.24. The molecule has 2 aliphatic rings. The van der Waals surface area contributed by atoms with Gasteiger partial charge in [0.15, 0.2) is 5.82 Å². The van der Waals surface area contributed by atoms with Crippen LogP contribution >= 0.6 is 0 Å². The van der Waals surface area contributed by atoms with E-state index in [-0.39, 0.29) is 6.10 Å². The number of aromatic amines is 1. The van der Waals surface area contributed by atoms with E-state index in [0.29, 0.717) is 6.04 Å². The van der Waals surface area contributed by atoms with Crippen molar-refractivity contribution in [2.75, 3.05) is 31.1 Å². The first-order valence-electron chi connectivity index (χ1n) is 6.85. The van der Waals surface area contributed by atoms with Crippen molar-refractivity contribution in [2.24, 2.45) is 0 Å². The standard InChI is InChI=1S/C12H21N5O/c1-9-8-17(6-5-13-9)12-14-11(15-16-12)10-4-2-3-7-18-10/h9-10,13H,2-8H2,1H3,(H,14,15,16)/t9-,10?/m1/s1. The van der Waals surface area contributed by atoms with Crippen LogP contribution in [0, 0.1) is 0 Å². The van der Waals surface area contributed by atoms with Crippen molar-refractivity contribution in [1.29, 1.82) is 0 Å². The Kier molecular flexibility index (Phi) is 3.47. The monoisotopic (exact) mass is 251 g/mol. The molecule has 1 aromatic rings. The third-order valence-corrected chi connectivity index (χ3v) is 3.63. The van der Waals surface area contributed by atoms with E-state index in [2.05, 4.69) is 32.3 Å². The highest BCUT2D eigenvalue weighted by Crippen LogP contribution is 2.26. The number of rotatable bonds is 2. The number of hydrogen-bond donors (Lipinski definition) is 2. The van der Waals surface area contributed by atoms with Gasteiger partial charge >= 0.3 is 0 Å². The highest BCUT2D eigenvalue weighted by molar-refractivity contribution is 5.30. The maximum Gasteiger partial charge on any atom is 0.244 e.